The highest BCUT2D eigenvalue weighted by molar-refractivity contribution is 5.75. The van der Waals surface area contributed by atoms with Crippen LogP contribution in [-0.4, -0.2) is 17.9 Å². The first-order valence-electron chi connectivity index (χ1n) is 13.4. The molecule has 0 amide bonds. The molecule has 0 radical (unpaired) electrons. The lowest BCUT2D eigenvalue weighted by Gasteiger charge is -2.61. The quantitative estimate of drug-likeness (QED) is 0.505. The van der Waals surface area contributed by atoms with Gasteiger partial charge in [0.25, 0.3) is 0 Å². The molecule has 0 saturated heterocycles. The van der Waals surface area contributed by atoms with E-state index in [-0.39, 0.29) is 0 Å². The molecule has 4 fully saturated rings. The third-order valence-corrected chi connectivity index (χ3v) is 10.9. The first kappa shape index (κ1) is 22.8. The van der Waals surface area contributed by atoms with Gasteiger partial charge < -0.3 is 10.1 Å². The molecule has 0 bridgehead atoms. The summed E-state index contributed by atoms with van der Waals surface area (Å²) in [6.45, 7) is 14.2. The monoisotopic (exact) mass is 415 g/mol. The number of hydrogen-bond acceptors (Lipinski definition) is 2. The molecule has 30 heavy (non-hydrogen) atoms. The van der Waals surface area contributed by atoms with Crippen molar-refractivity contribution in [3.05, 3.63) is 0 Å². The second-order valence-corrected chi connectivity index (χ2v) is 12.9. The Kier molecular flexibility index (Phi) is 6.48. The van der Waals surface area contributed by atoms with Gasteiger partial charge in [0.2, 0.25) is 0 Å². The van der Waals surface area contributed by atoms with Gasteiger partial charge in [0.05, 0.1) is 0 Å². The fourth-order valence-corrected chi connectivity index (χ4v) is 9.49. The number of nitrogens with one attached hydrogen (secondary N) is 1. The first-order chi connectivity index (χ1) is 14.1. The average Bonchev–Trinajstić information content (AvgIpc) is 3.03. The number of Topliss-reactive ketones (excluding diaryl/α,β-unsaturated/α-hetero) is 1. The fraction of sp³-hybridized carbons (Fsp3) is 0.964. The molecule has 0 heterocycles. The van der Waals surface area contributed by atoms with E-state index in [1.807, 2.05) is 0 Å². The zero-order valence-electron chi connectivity index (χ0n) is 20.8. The lowest BCUT2D eigenvalue weighted by atomic mass is 9.44. The molecule has 1 N–H and O–H groups in total. The summed E-state index contributed by atoms with van der Waals surface area (Å²) in [4.78, 5) is 11.6. The maximum atomic E-state index is 11.6. The van der Waals surface area contributed by atoms with Gasteiger partial charge in [-0.1, -0.05) is 34.6 Å². The molecule has 0 aromatic heterocycles. The molecular formula is C28H49NO. The summed E-state index contributed by atoms with van der Waals surface area (Å²) >= 11 is 0. The van der Waals surface area contributed by atoms with Crippen molar-refractivity contribution in [1.82, 2.24) is 5.32 Å². The van der Waals surface area contributed by atoms with Crippen LogP contribution in [0, 0.1) is 46.3 Å². The zero-order valence-corrected chi connectivity index (χ0v) is 20.8. The molecule has 4 rings (SSSR count). The van der Waals surface area contributed by atoms with Gasteiger partial charge in [-0.2, -0.15) is 0 Å². The van der Waals surface area contributed by atoms with Crippen LogP contribution in [0.1, 0.15) is 112 Å². The molecule has 4 saturated carbocycles. The smallest absolute Gasteiger partial charge is 0.129 e. The number of carbonyl (C=O) groups excluding carboxylic acids is 1. The Morgan fingerprint density at radius 3 is 2.33 bits per heavy atom. The Bertz CT molecular complexity index is 628. The van der Waals surface area contributed by atoms with Gasteiger partial charge in [-0.15, -0.1) is 0 Å². The molecule has 172 valence electrons. The Hall–Kier alpha value is -0.370. The predicted octanol–water partition coefficient (Wildman–Crippen LogP) is 7.02. The molecule has 9 atom stereocenters. The summed E-state index contributed by atoms with van der Waals surface area (Å²) in [5.41, 5.74) is 1.13. The van der Waals surface area contributed by atoms with E-state index in [4.69, 9.17) is 0 Å². The van der Waals surface area contributed by atoms with Crippen LogP contribution in [0.2, 0.25) is 0 Å². The topological polar surface area (TPSA) is 29.1 Å². The second kappa shape index (κ2) is 8.53. The minimum Gasteiger partial charge on any atom is -0.312 e. The number of ketones is 1. The maximum absolute atomic E-state index is 11.6. The van der Waals surface area contributed by atoms with Crippen molar-refractivity contribution in [2.75, 3.05) is 0 Å². The van der Waals surface area contributed by atoms with Crippen LogP contribution >= 0.6 is 0 Å². The molecule has 2 nitrogen and oxygen atoms in total. The van der Waals surface area contributed by atoms with Crippen molar-refractivity contribution in [1.29, 1.82) is 0 Å². The highest BCUT2D eigenvalue weighted by Gasteiger charge is 2.60. The van der Waals surface area contributed by atoms with Crippen molar-refractivity contribution in [2.45, 2.75) is 124 Å². The van der Waals surface area contributed by atoms with E-state index in [1.165, 1.54) is 57.8 Å². The third kappa shape index (κ3) is 3.93. The highest BCUT2D eigenvalue weighted by atomic mass is 16.1. The molecule has 0 spiro atoms. The highest BCUT2D eigenvalue weighted by Crippen LogP contribution is 2.68. The zero-order chi connectivity index (χ0) is 21.7. The lowest BCUT2D eigenvalue weighted by Crippen LogP contribution is -2.55. The minimum absolute atomic E-state index is 0.374. The number of rotatable bonds is 6. The van der Waals surface area contributed by atoms with E-state index in [9.17, 15) is 4.79 Å². The average molecular weight is 416 g/mol. The number of fused-ring (bicyclic) bond motifs is 5. The van der Waals surface area contributed by atoms with E-state index >= 15 is 0 Å². The molecular weight excluding hydrogens is 366 g/mol. The van der Waals surface area contributed by atoms with E-state index < -0.39 is 0 Å². The van der Waals surface area contributed by atoms with Gasteiger partial charge >= 0.3 is 0 Å². The van der Waals surface area contributed by atoms with Gasteiger partial charge in [-0.25, -0.2) is 0 Å². The second-order valence-electron chi connectivity index (χ2n) is 12.9. The third-order valence-electron chi connectivity index (χ3n) is 10.9. The summed E-state index contributed by atoms with van der Waals surface area (Å²) < 4.78 is 0. The Labute approximate surface area is 186 Å². The Morgan fingerprint density at radius 2 is 1.63 bits per heavy atom. The van der Waals surface area contributed by atoms with Crippen molar-refractivity contribution in [2.24, 2.45) is 46.3 Å². The Balaban J connectivity index is 1.46. The van der Waals surface area contributed by atoms with E-state index in [1.54, 1.807) is 6.92 Å². The summed E-state index contributed by atoms with van der Waals surface area (Å²) in [5.74, 6) is 5.78. The van der Waals surface area contributed by atoms with Crippen molar-refractivity contribution in [3.8, 4) is 0 Å². The molecule has 4 aliphatic carbocycles. The van der Waals surface area contributed by atoms with Crippen LogP contribution in [0.15, 0.2) is 0 Å². The van der Waals surface area contributed by atoms with Crippen molar-refractivity contribution in [3.63, 3.8) is 0 Å². The summed E-state index contributed by atoms with van der Waals surface area (Å²) in [6.07, 6.45) is 14.9. The van der Waals surface area contributed by atoms with Crippen LogP contribution in [0.3, 0.4) is 0 Å². The largest absolute Gasteiger partial charge is 0.312 e. The van der Waals surface area contributed by atoms with E-state index in [0.717, 1.165) is 48.5 Å². The SMILES string of the molecule is CC(=O)CC[C@@H](C)[C@H]1CC[C@H]2[C@@H]3CC[C@@H]4CC(NC(C)C)CC[C@]4(C)[C@H]3CC[C@]12C. The molecule has 4 aliphatic rings. The van der Waals surface area contributed by atoms with Gasteiger partial charge in [0, 0.05) is 18.5 Å². The van der Waals surface area contributed by atoms with Crippen LogP contribution < -0.4 is 5.32 Å². The molecule has 2 heteroatoms. The van der Waals surface area contributed by atoms with Crippen LogP contribution in [0.5, 0.6) is 0 Å². The Morgan fingerprint density at radius 1 is 0.933 bits per heavy atom. The van der Waals surface area contributed by atoms with Gasteiger partial charge in [-0.05, 0) is 117 Å². The van der Waals surface area contributed by atoms with Gasteiger partial charge in [0.15, 0.2) is 0 Å². The number of carbonyl (C=O) groups is 1. The maximum Gasteiger partial charge on any atom is 0.129 e. The summed E-state index contributed by atoms with van der Waals surface area (Å²) in [5, 5.41) is 3.86. The van der Waals surface area contributed by atoms with Gasteiger partial charge in [0.1, 0.15) is 5.78 Å². The predicted molar refractivity (Wildman–Crippen MR) is 126 cm³/mol. The van der Waals surface area contributed by atoms with E-state index in [0.29, 0.717) is 28.6 Å². The van der Waals surface area contributed by atoms with Crippen molar-refractivity contribution >= 4 is 5.78 Å². The number of hydrogen-bond donors (Lipinski definition) is 1. The molecule has 0 aliphatic heterocycles. The summed E-state index contributed by atoms with van der Waals surface area (Å²) in [6, 6.07) is 1.37. The standard InChI is InChI=1S/C28H49NO/c1-18(2)29-22-13-15-27(5)21(17-22)9-10-23-25-12-11-24(19(3)7-8-20(4)30)28(25,6)16-14-26(23)27/h18-19,21-26,29H,7-17H2,1-6H3/t19-,21-,22?,23+,24-,25+,26+,27+,28-/m1/s1. The lowest BCUT2D eigenvalue weighted by molar-refractivity contribution is -0.120. The molecule has 0 aromatic rings. The van der Waals surface area contributed by atoms with Crippen molar-refractivity contribution < 1.29 is 4.79 Å². The molecule has 0 aromatic carbocycles. The minimum atomic E-state index is 0.374. The van der Waals surface area contributed by atoms with E-state index in [2.05, 4.69) is 39.9 Å². The fourth-order valence-electron chi connectivity index (χ4n) is 9.49. The van der Waals surface area contributed by atoms with Crippen LogP contribution in [0.25, 0.3) is 0 Å². The van der Waals surface area contributed by atoms with Crippen LogP contribution in [0.4, 0.5) is 0 Å². The van der Waals surface area contributed by atoms with Gasteiger partial charge in [-0.3, -0.25) is 0 Å². The summed E-state index contributed by atoms with van der Waals surface area (Å²) in [7, 11) is 0. The first-order valence-corrected chi connectivity index (χ1v) is 13.4. The normalized spacial score (nSPS) is 46.8. The van der Waals surface area contributed by atoms with Crippen LogP contribution in [-0.2, 0) is 4.79 Å². The molecule has 1 unspecified atom stereocenters.